The van der Waals surface area contributed by atoms with E-state index in [1.807, 2.05) is 17.4 Å². The monoisotopic (exact) mass is 285 g/mol. The van der Waals surface area contributed by atoms with E-state index in [2.05, 4.69) is 24.4 Å². The fourth-order valence-corrected chi connectivity index (χ4v) is 2.78. The van der Waals surface area contributed by atoms with Gasteiger partial charge in [-0.25, -0.2) is 0 Å². The van der Waals surface area contributed by atoms with Crippen LogP contribution < -0.4 is 5.32 Å². The second-order valence-electron chi connectivity index (χ2n) is 3.70. The average molecular weight is 286 g/mol. The molecule has 0 atom stereocenters. The predicted octanol–water partition coefficient (Wildman–Crippen LogP) is 5.23. The van der Waals surface area contributed by atoms with Crippen LogP contribution in [-0.4, -0.2) is 0 Å². The highest BCUT2D eigenvalue weighted by atomic mass is 35.5. The minimum atomic E-state index is 0.692. The summed E-state index contributed by atoms with van der Waals surface area (Å²) in [6.45, 7) is 2.95. The second kappa shape index (κ2) is 5.76. The lowest BCUT2D eigenvalue weighted by atomic mass is 10.3. The van der Waals surface area contributed by atoms with Crippen LogP contribution in [0.1, 0.15) is 16.7 Å². The molecule has 0 saturated heterocycles. The lowest BCUT2D eigenvalue weighted by Gasteiger charge is -2.07. The third-order valence-electron chi connectivity index (χ3n) is 2.45. The first-order valence-corrected chi connectivity index (χ1v) is 7.03. The summed E-state index contributed by atoms with van der Waals surface area (Å²) in [5.41, 5.74) is 0.880. The second-order valence-corrected chi connectivity index (χ2v) is 5.80. The summed E-state index contributed by atoms with van der Waals surface area (Å²) >= 11 is 13.8. The smallest absolute Gasteiger partial charge is 0.0638 e. The van der Waals surface area contributed by atoms with Crippen LogP contribution in [0.2, 0.25) is 10.0 Å². The SMILES string of the molecule is CCc1ccc(CNc2cc(Cl)ccc2Cl)s1. The summed E-state index contributed by atoms with van der Waals surface area (Å²) < 4.78 is 0. The van der Waals surface area contributed by atoms with E-state index < -0.39 is 0 Å². The fraction of sp³-hybridized carbons (Fsp3) is 0.231. The maximum Gasteiger partial charge on any atom is 0.0638 e. The van der Waals surface area contributed by atoms with E-state index in [4.69, 9.17) is 23.2 Å². The average Bonchev–Trinajstić information content (AvgIpc) is 2.78. The van der Waals surface area contributed by atoms with Gasteiger partial charge in [0.15, 0.2) is 0 Å². The van der Waals surface area contributed by atoms with Crippen molar-refractivity contribution in [3.05, 3.63) is 50.1 Å². The molecule has 0 amide bonds. The number of hydrogen-bond donors (Lipinski definition) is 1. The Hall–Kier alpha value is -0.700. The number of nitrogens with one attached hydrogen (secondary N) is 1. The number of aryl methyl sites for hydroxylation is 1. The van der Waals surface area contributed by atoms with Gasteiger partial charge in [0.1, 0.15) is 0 Å². The van der Waals surface area contributed by atoms with Gasteiger partial charge in [-0.2, -0.15) is 0 Å². The summed E-state index contributed by atoms with van der Waals surface area (Å²) in [5, 5.41) is 4.69. The fourth-order valence-electron chi connectivity index (χ4n) is 1.52. The topological polar surface area (TPSA) is 12.0 Å². The van der Waals surface area contributed by atoms with Gasteiger partial charge in [-0.15, -0.1) is 11.3 Å². The van der Waals surface area contributed by atoms with Crippen molar-refractivity contribution in [2.24, 2.45) is 0 Å². The van der Waals surface area contributed by atoms with Crippen LogP contribution in [0.25, 0.3) is 0 Å². The molecule has 1 aromatic heterocycles. The highest BCUT2D eigenvalue weighted by Crippen LogP contribution is 2.26. The van der Waals surface area contributed by atoms with Gasteiger partial charge in [0.25, 0.3) is 0 Å². The normalized spacial score (nSPS) is 10.5. The number of anilines is 1. The molecule has 0 fully saturated rings. The van der Waals surface area contributed by atoms with E-state index in [1.165, 1.54) is 9.75 Å². The lowest BCUT2D eigenvalue weighted by Crippen LogP contribution is -1.97. The summed E-state index contributed by atoms with van der Waals surface area (Å²) in [6.07, 6.45) is 1.09. The predicted molar refractivity (Wildman–Crippen MR) is 77.5 cm³/mol. The van der Waals surface area contributed by atoms with Crippen LogP contribution in [0.3, 0.4) is 0 Å². The number of rotatable bonds is 4. The van der Waals surface area contributed by atoms with Crippen LogP contribution in [0, 0.1) is 0 Å². The minimum absolute atomic E-state index is 0.692. The molecule has 0 radical (unpaired) electrons. The summed E-state index contributed by atoms with van der Waals surface area (Å²) in [7, 11) is 0. The van der Waals surface area contributed by atoms with Crippen LogP contribution in [0.4, 0.5) is 5.69 Å². The zero-order valence-electron chi connectivity index (χ0n) is 9.47. The molecule has 0 bridgehead atoms. The first kappa shape index (κ1) is 12.7. The zero-order valence-corrected chi connectivity index (χ0v) is 11.8. The molecule has 2 aromatic rings. The van der Waals surface area contributed by atoms with Crippen LogP contribution in [-0.2, 0) is 13.0 Å². The molecule has 0 saturated carbocycles. The van der Waals surface area contributed by atoms with Crippen molar-refractivity contribution >= 4 is 40.2 Å². The number of hydrogen-bond acceptors (Lipinski definition) is 2. The molecule has 90 valence electrons. The van der Waals surface area contributed by atoms with Crippen molar-refractivity contribution in [3.8, 4) is 0 Å². The van der Waals surface area contributed by atoms with Crippen LogP contribution >= 0.6 is 34.5 Å². The number of benzene rings is 1. The molecule has 0 aliphatic heterocycles. The van der Waals surface area contributed by atoms with Gasteiger partial charge < -0.3 is 5.32 Å². The molecule has 4 heteroatoms. The van der Waals surface area contributed by atoms with Gasteiger partial charge in [0, 0.05) is 21.3 Å². The Balaban J connectivity index is 2.04. The Bertz CT molecular complexity index is 508. The molecule has 0 aliphatic rings. The van der Waals surface area contributed by atoms with Gasteiger partial charge in [0.2, 0.25) is 0 Å². The van der Waals surface area contributed by atoms with Gasteiger partial charge in [-0.1, -0.05) is 30.1 Å². The van der Waals surface area contributed by atoms with E-state index >= 15 is 0 Å². The number of thiophene rings is 1. The Morgan fingerprint density at radius 1 is 1.12 bits per heavy atom. The number of halogens is 2. The highest BCUT2D eigenvalue weighted by molar-refractivity contribution is 7.12. The zero-order chi connectivity index (χ0) is 12.3. The molecule has 1 aromatic carbocycles. The Morgan fingerprint density at radius 2 is 1.88 bits per heavy atom. The van der Waals surface area contributed by atoms with Gasteiger partial charge in [-0.3, -0.25) is 0 Å². The molecule has 0 spiro atoms. The molecule has 2 rings (SSSR count). The maximum absolute atomic E-state index is 6.08. The first-order valence-electron chi connectivity index (χ1n) is 5.45. The van der Waals surface area contributed by atoms with Crippen molar-refractivity contribution in [2.75, 3.05) is 5.32 Å². The molecule has 1 N–H and O–H groups in total. The molecular formula is C13H13Cl2NS. The standard InChI is InChI=1S/C13H13Cl2NS/c1-2-10-4-5-11(17-10)8-16-13-7-9(14)3-6-12(13)15/h3-7,16H,2,8H2,1H3. The maximum atomic E-state index is 6.08. The lowest BCUT2D eigenvalue weighted by molar-refractivity contribution is 1.19. The van der Waals surface area contributed by atoms with Crippen LogP contribution in [0.5, 0.6) is 0 Å². The Labute approximate surface area is 115 Å². The highest BCUT2D eigenvalue weighted by Gasteiger charge is 2.02. The molecule has 0 unspecified atom stereocenters. The van der Waals surface area contributed by atoms with Gasteiger partial charge >= 0.3 is 0 Å². The molecular weight excluding hydrogens is 273 g/mol. The third kappa shape index (κ3) is 3.38. The molecule has 17 heavy (non-hydrogen) atoms. The van der Waals surface area contributed by atoms with E-state index in [0.717, 1.165) is 18.7 Å². The van der Waals surface area contributed by atoms with E-state index in [9.17, 15) is 0 Å². The van der Waals surface area contributed by atoms with E-state index in [-0.39, 0.29) is 0 Å². The van der Waals surface area contributed by atoms with Crippen LogP contribution in [0.15, 0.2) is 30.3 Å². The minimum Gasteiger partial charge on any atom is -0.379 e. The van der Waals surface area contributed by atoms with Crippen molar-refractivity contribution in [2.45, 2.75) is 19.9 Å². The van der Waals surface area contributed by atoms with Crippen molar-refractivity contribution in [1.82, 2.24) is 0 Å². The first-order chi connectivity index (χ1) is 8.19. The van der Waals surface area contributed by atoms with E-state index in [0.29, 0.717) is 10.0 Å². The van der Waals surface area contributed by atoms with Gasteiger partial charge in [0.05, 0.1) is 10.7 Å². The summed E-state index contributed by atoms with van der Waals surface area (Å²) in [6, 6.07) is 9.75. The Kier molecular flexibility index (Phi) is 4.32. The summed E-state index contributed by atoms with van der Waals surface area (Å²) in [4.78, 5) is 2.71. The molecule has 1 heterocycles. The van der Waals surface area contributed by atoms with E-state index in [1.54, 1.807) is 12.1 Å². The summed E-state index contributed by atoms with van der Waals surface area (Å²) in [5.74, 6) is 0. The third-order valence-corrected chi connectivity index (χ3v) is 4.24. The largest absolute Gasteiger partial charge is 0.379 e. The molecule has 1 nitrogen and oxygen atoms in total. The Morgan fingerprint density at radius 3 is 2.59 bits per heavy atom. The quantitative estimate of drug-likeness (QED) is 0.811. The molecule has 0 aliphatic carbocycles. The van der Waals surface area contributed by atoms with Gasteiger partial charge in [-0.05, 0) is 36.8 Å². The van der Waals surface area contributed by atoms with Crippen molar-refractivity contribution in [1.29, 1.82) is 0 Å². The van der Waals surface area contributed by atoms with Crippen molar-refractivity contribution in [3.63, 3.8) is 0 Å². The van der Waals surface area contributed by atoms with Crippen molar-refractivity contribution < 1.29 is 0 Å².